The Morgan fingerprint density at radius 3 is 2.65 bits per heavy atom. The summed E-state index contributed by atoms with van der Waals surface area (Å²) in [5.74, 6) is 0.514. The average molecular weight is 376 g/mol. The van der Waals surface area contributed by atoms with Gasteiger partial charge in [-0.2, -0.15) is 0 Å². The van der Waals surface area contributed by atoms with E-state index in [0.29, 0.717) is 11.3 Å². The highest BCUT2D eigenvalue weighted by Gasteiger charge is 2.26. The van der Waals surface area contributed by atoms with Crippen LogP contribution in [0, 0.1) is 0 Å². The smallest absolute Gasteiger partial charge is 0.254 e. The molecule has 0 bridgehead atoms. The normalized spacial score (nSPS) is 18.0. The number of likely N-dealkylation sites (tertiary alicyclic amines) is 1. The van der Waals surface area contributed by atoms with Crippen molar-refractivity contribution in [3.63, 3.8) is 0 Å². The molecule has 140 valence electrons. The maximum absolute atomic E-state index is 12.8. The number of piperidine rings is 1. The molecule has 1 aliphatic rings. The van der Waals surface area contributed by atoms with Crippen LogP contribution in [0.5, 0.6) is 0 Å². The molecule has 1 aliphatic heterocycles. The van der Waals surface area contributed by atoms with Crippen molar-refractivity contribution in [2.24, 2.45) is 0 Å². The molecule has 7 heteroatoms. The van der Waals surface area contributed by atoms with Crippen molar-refractivity contribution < 1.29 is 17.6 Å². The molecule has 6 nitrogen and oxygen atoms in total. The summed E-state index contributed by atoms with van der Waals surface area (Å²) in [6.45, 7) is 2.95. The molecule has 0 spiro atoms. The van der Waals surface area contributed by atoms with Gasteiger partial charge >= 0.3 is 0 Å². The topological polar surface area (TPSA) is 79.6 Å². The molecule has 3 rings (SSSR count). The fourth-order valence-electron chi connectivity index (χ4n) is 3.30. The Bertz CT molecular complexity index is 829. The van der Waals surface area contributed by atoms with Crippen LogP contribution in [0.15, 0.2) is 52.0 Å². The van der Waals surface area contributed by atoms with Crippen LogP contribution in [0.25, 0.3) is 0 Å². The SMILES string of the molecule is CCC1CCCCN1C(=O)c1ccc(S(=O)(=O)NCc2ccco2)cc1. The molecule has 2 aromatic rings. The molecule has 1 aromatic carbocycles. The molecule has 1 fully saturated rings. The van der Waals surface area contributed by atoms with Crippen LogP contribution in [-0.2, 0) is 16.6 Å². The van der Waals surface area contributed by atoms with Crippen LogP contribution < -0.4 is 4.72 Å². The fourth-order valence-corrected chi connectivity index (χ4v) is 4.29. The van der Waals surface area contributed by atoms with Gasteiger partial charge in [0.05, 0.1) is 17.7 Å². The van der Waals surface area contributed by atoms with E-state index < -0.39 is 10.0 Å². The van der Waals surface area contributed by atoms with Crippen LogP contribution in [0.1, 0.15) is 48.7 Å². The second kappa shape index (κ2) is 8.05. The van der Waals surface area contributed by atoms with Gasteiger partial charge in [0.25, 0.3) is 5.91 Å². The summed E-state index contributed by atoms with van der Waals surface area (Å²) < 4.78 is 32.3. The van der Waals surface area contributed by atoms with Crippen molar-refractivity contribution in [3.05, 3.63) is 54.0 Å². The number of carbonyl (C=O) groups is 1. The zero-order chi connectivity index (χ0) is 18.6. The van der Waals surface area contributed by atoms with Gasteiger partial charge in [0.2, 0.25) is 10.0 Å². The predicted molar refractivity (Wildman–Crippen MR) is 98.1 cm³/mol. The summed E-state index contributed by atoms with van der Waals surface area (Å²) in [6.07, 6.45) is 5.64. The molecule has 26 heavy (non-hydrogen) atoms. The summed E-state index contributed by atoms with van der Waals surface area (Å²) in [6, 6.07) is 9.80. The largest absolute Gasteiger partial charge is 0.468 e. The van der Waals surface area contributed by atoms with E-state index in [1.165, 1.54) is 18.4 Å². The van der Waals surface area contributed by atoms with Crippen molar-refractivity contribution >= 4 is 15.9 Å². The number of amides is 1. The van der Waals surface area contributed by atoms with E-state index in [1.807, 2.05) is 4.90 Å². The Labute approximate surface area is 154 Å². The Morgan fingerprint density at radius 1 is 1.23 bits per heavy atom. The van der Waals surface area contributed by atoms with Gasteiger partial charge < -0.3 is 9.32 Å². The lowest BCUT2D eigenvalue weighted by molar-refractivity contribution is 0.0608. The van der Waals surface area contributed by atoms with Gasteiger partial charge in [-0.15, -0.1) is 0 Å². The zero-order valence-corrected chi connectivity index (χ0v) is 15.7. The van der Waals surface area contributed by atoms with E-state index in [9.17, 15) is 13.2 Å². The number of furan rings is 1. The van der Waals surface area contributed by atoms with Gasteiger partial charge in [0, 0.05) is 18.2 Å². The standard InChI is InChI=1S/C19H24N2O4S/c1-2-16-6-3-4-12-21(16)19(22)15-8-10-18(11-9-15)26(23,24)20-14-17-7-5-13-25-17/h5,7-11,13,16,20H,2-4,6,12,14H2,1H3. The Balaban J connectivity index is 1.70. The van der Waals surface area contributed by atoms with Crippen LogP contribution in [-0.4, -0.2) is 31.8 Å². The number of nitrogens with one attached hydrogen (secondary N) is 1. The molecular formula is C19H24N2O4S. The third-order valence-corrected chi connectivity index (χ3v) is 6.20. The quantitative estimate of drug-likeness (QED) is 0.840. The minimum absolute atomic E-state index is 0.0240. The molecule has 1 aromatic heterocycles. The Kier molecular flexibility index (Phi) is 5.78. The van der Waals surface area contributed by atoms with E-state index in [4.69, 9.17) is 4.42 Å². The minimum atomic E-state index is -3.65. The summed E-state index contributed by atoms with van der Waals surface area (Å²) in [5.41, 5.74) is 0.523. The Hall–Kier alpha value is -2.12. The van der Waals surface area contributed by atoms with Crippen molar-refractivity contribution in [2.45, 2.75) is 50.1 Å². The maximum Gasteiger partial charge on any atom is 0.254 e. The molecule has 2 heterocycles. The van der Waals surface area contributed by atoms with Gasteiger partial charge in [-0.1, -0.05) is 6.92 Å². The summed E-state index contributed by atoms with van der Waals surface area (Å²) >= 11 is 0. The molecule has 1 amide bonds. The van der Waals surface area contributed by atoms with E-state index in [0.717, 1.165) is 32.2 Å². The van der Waals surface area contributed by atoms with E-state index in [2.05, 4.69) is 11.6 Å². The highest BCUT2D eigenvalue weighted by atomic mass is 32.2. The first-order valence-electron chi connectivity index (χ1n) is 8.94. The molecular weight excluding hydrogens is 352 g/mol. The number of rotatable bonds is 6. The second-order valence-corrected chi connectivity index (χ2v) is 8.25. The zero-order valence-electron chi connectivity index (χ0n) is 14.8. The number of nitrogens with zero attached hydrogens (tertiary/aromatic N) is 1. The van der Waals surface area contributed by atoms with Crippen LogP contribution in [0.3, 0.4) is 0 Å². The van der Waals surface area contributed by atoms with Crippen molar-refractivity contribution in [2.75, 3.05) is 6.54 Å². The van der Waals surface area contributed by atoms with Gasteiger partial charge in [0.15, 0.2) is 0 Å². The van der Waals surface area contributed by atoms with E-state index >= 15 is 0 Å². The van der Waals surface area contributed by atoms with E-state index in [1.54, 1.807) is 24.3 Å². The molecule has 1 saturated heterocycles. The summed E-state index contributed by atoms with van der Waals surface area (Å²) in [7, 11) is -3.65. The molecule has 1 atom stereocenters. The van der Waals surface area contributed by atoms with Crippen molar-refractivity contribution in [1.82, 2.24) is 9.62 Å². The van der Waals surface area contributed by atoms with Gasteiger partial charge in [-0.3, -0.25) is 4.79 Å². The van der Waals surface area contributed by atoms with Gasteiger partial charge in [0.1, 0.15) is 5.76 Å². The van der Waals surface area contributed by atoms with Crippen LogP contribution in [0.4, 0.5) is 0 Å². The monoisotopic (exact) mass is 376 g/mol. The lowest BCUT2D eigenvalue weighted by Crippen LogP contribution is -2.43. The van der Waals surface area contributed by atoms with Crippen molar-refractivity contribution in [3.8, 4) is 0 Å². The summed E-state index contributed by atoms with van der Waals surface area (Å²) in [5, 5.41) is 0. The maximum atomic E-state index is 12.8. The minimum Gasteiger partial charge on any atom is -0.468 e. The molecule has 0 radical (unpaired) electrons. The lowest BCUT2D eigenvalue weighted by Gasteiger charge is -2.35. The van der Waals surface area contributed by atoms with Gasteiger partial charge in [-0.25, -0.2) is 13.1 Å². The number of benzene rings is 1. The highest BCUT2D eigenvalue weighted by molar-refractivity contribution is 7.89. The third-order valence-electron chi connectivity index (χ3n) is 4.79. The molecule has 0 aliphatic carbocycles. The average Bonchev–Trinajstić information content (AvgIpc) is 3.20. The Morgan fingerprint density at radius 2 is 2.00 bits per heavy atom. The predicted octanol–water partition coefficient (Wildman–Crippen LogP) is 3.16. The fraction of sp³-hybridized carbons (Fsp3) is 0.421. The molecule has 1 unspecified atom stereocenters. The van der Waals surface area contributed by atoms with Crippen LogP contribution >= 0.6 is 0 Å². The first-order valence-corrected chi connectivity index (χ1v) is 10.4. The van der Waals surface area contributed by atoms with Gasteiger partial charge in [-0.05, 0) is 62.1 Å². The second-order valence-electron chi connectivity index (χ2n) is 6.48. The molecule has 0 saturated carbocycles. The van der Waals surface area contributed by atoms with E-state index in [-0.39, 0.29) is 23.4 Å². The number of hydrogen-bond donors (Lipinski definition) is 1. The van der Waals surface area contributed by atoms with Crippen molar-refractivity contribution in [1.29, 1.82) is 0 Å². The number of hydrogen-bond acceptors (Lipinski definition) is 4. The summed E-state index contributed by atoms with van der Waals surface area (Å²) in [4.78, 5) is 14.8. The highest BCUT2D eigenvalue weighted by Crippen LogP contribution is 2.22. The van der Waals surface area contributed by atoms with Crippen LogP contribution in [0.2, 0.25) is 0 Å². The third kappa shape index (κ3) is 4.16. The number of sulfonamides is 1. The number of carbonyl (C=O) groups excluding carboxylic acids is 1. The first kappa shape index (κ1) is 18.7. The lowest BCUT2D eigenvalue weighted by atomic mass is 9.99. The first-order chi connectivity index (χ1) is 12.5. The molecule has 1 N–H and O–H groups in total.